The highest BCUT2D eigenvalue weighted by Crippen LogP contribution is 2.32. The highest BCUT2D eigenvalue weighted by molar-refractivity contribution is 7.89. The Hall–Kier alpha value is -0.130. The molecule has 2 aliphatic rings. The number of aliphatic hydroxyl groups is 1. The van der Waals surface area contributed by atoms with Crippen molar-refractivity contribution in [1.82, 2.24) is 4.31 Å². The SMILES string of the molecule is CC(O)C1CCN(S(=O)(=O)CC2CC2)CC1. The first-order valence-electron chi connectivity index (χ1n) is 6.15. The predicted octanol–water partition coefficient (Wildman–Crippen LogP) is 0.819. The molecule has 16 heavy (non-hydrogen) atoms. The van der Waals surface area contributed by atoms with Crippen molar-refractivity contribution in [1.29, 1.82) is 0 Å². The van der Waals surface area contributed by atoms with E-state index in [9.17, 15) is 13.5 Å². The second kappa shape index (κ2) is 4.63. The molecule has 0 aromatic carbocycles. The number of aliphatic hydroxyl groups excluding tert-OH is 1. The van der Waals surface area contributed by atoms with E-state index in [1.165, 1.54) is 0 Å². The van der Waals surface area contributed by atoms with Gasteiger partial charge in [0.1, 0.15) is 0 Å². The number of hydrogen-bond acceptors (Lipinski definition) is 3. The van der Waals surface area contributed by atoms with E-state index in [1.54, 1.807) is 11.2 Å². The predicted molar refractivity (Wildman–Crippen MR) is 62.5 cm³/mol. The van der Waals surface area contributed by atoms with E-state index in [0.29, 0.717) is 24.8 Å². The zero-order valence-corrected chi connectivity index (χ0v) is 10.6. The van der Waals surface area contributed by atoms with Crippen LogP contribution in [0.1, 0.15) is 32.6 Å². The maximum atomic E-state index is 12.0. The lowest BCUT2D eigenvalue weighted by atomic mass is 9.93. The van der Waals surface area contributed by atoms with Crippen molar-refractivity contribution in [2.24, 2.45) is 11.8 Å². The number of piperidine rings is 1. The molecule has 1 unspecified atom stereocenters. The van der Waals surface area contributed by atoms with Crippen LogP contribution in [0.25, 0.3) is 0 Å². The van der Waals surface area contributed by atoms with E-state index in [2.05, 4.69) is 0 Å². The number of nitrogens with zero attached hydrogens (tertiary/aromatic N) is 1. The lowest BCUT2D eigenvalue weighted by Crippen LogP contribution is -2.42. The second-order valence-electron chi connectivity index (χ2n) is 5.20. The summed E-state index contributed by atoms with van der Waals surface area (Å²) in [5.74, 6) is 1.03. The summed E-state index contributed by atoms with van der Waals surface area (Å²) in [5, 5.41) is 9.45. The van der Waals surface area contributed by atoms with Gasteiger partial charge in [-0.2, -0.15) is 0 Å². The van der Waals surface area contributed by atoms with Crippen molar-refractivity contribution in [3.8, 4) is 0 Å². The molecule has 1 aliphatic carbocycles. The highest BCUT2D eigenvalue weighted by atomic mass is 32.2. The van der Waals surface area contributed by atoms with Crippen molar-refractivity contribution in [3.63, 3.8) is 0 Å². The number of rotatable bonds is 4. The van der Waals surface area contributed by atoms with Crippen molar-refractivity contribution < 1.29 is 13.5 Å². The van der Waals surface area contributed by atoms with E-state index in [0.717, 1.165) is 25.7 Å². The zero-order chi connectivity index (χ0) is 11.8. The van der Waals surface area contributed by atoms with Gasteiger partial charge in [0, 0.05) is 13.1 Å². The van der Waals surface area contributed by atoms with E-state index in [-0.39, 0.29) is 12.0 Å². The Labute approximate surface area is 97.7 Å². The molecule has 1 atom stereocenters. The fraction of sp³-hybridized carbons (Fsp3) is 1.00. The van der Waals surface area contributed by atoms with Gasteiger partial charge < -0.3 is 5.11 Å². The lowest BCUT2D eigenvalue weighted by Gasteiger charge is -2.32. The van der Waals surface area contributed by atoms with Gasteiger partial charge in [-0.15, -0.1) is 0 Å². The molecule has 2 fully saturated rings. The molecule has 1 heterocycles. The van der Waals surface area contributed by atoms with Gasteiger partial charge in [-0.25, -0.2) is 12.7 Å². The van der Waals surface area contributed by atoms with E-state index in [4.69, 9.17) is 0 Å². The number of sulfonamides is 1. The third-order valence-electron chi connectivity index (χ3n) is 3.72. The van der Waals surface area contributed by atoms with Crippen LogP contribution in [0.15, 0.2) is 0 Å². The average molecular weight is 247 g/mol. The molecule has 0 spiro atoms. The second-order valence-corrected chi connectivity index (χ2v) is 7.21. The van der Waals surface area contributed by atoms with Crippen molar-refractivity contribution in [2.45, 2.75) is 38.7 Å². The van der Waals surface area contributed by atoms with Crippen LogP contribution in [0.3, 0.4) is 0 Å². The molecule has 1 aliphatic heterocycles. The van der Waals surface area contributed by atoms with E-state index >= 15 is 0 Å². The quantitative estimate of drug-likeness (QED) is 0.800. The third-order valence-corrected chi connectivity index (χ3v) is 5.76. The lowest BCUT2D eigenvalue weighted by molar-refractivity contribution is 0.0912. The fourth-order valence-corrected chi connectivity index (χ4v) is 4.23. The normalized spacial score (nSPS) is 26.9. The summed E-state index contributed by atoms with van der Waals surface area (Å²) >= 11 is 0. The van der Waals surface area contributed by atoms with E-state index in [1.807, 2.05) is 0 Å². The van der Waals surface area contributed by atoms with Crippen LogP contribution < -0.4 is 0 Å². The molecule has 0 amide bonds. The summed E-state index contributed by atoms with van der Waals surface area (Å²) in [6, 6.07) is 0. The molecule has 5 heteroatoms. The van der Waals surface area contributed by atoms with Crippen molar-refractivity contribution in [2.75, 3.05) is 18.8 Å². The zero-order valence-electron chi connectivity index (χ0n) is 9.80. The van der Waals surface area contributed by atoms with Crippen molar-refractivity contribution >= 4 is 10.0 Å². The van der Waals surface area contributed by atoms with Crippen LogP contribution in [0.2, 0.25) is 0 Å². The Kier molecular flexibility index (Phi) is 3.56. The van der Waals surface area contributed by atoms with Gasteiger partial charge in [-0.05, 0) is 44.4 Å². The van der Waals surface area contributed by atoms with Gasteiger partial charge in [0.05, 0.1) is 11.9 Å². The van der Waals surface area contributed by atoms with Crippen LogP contribution in [-0.4, -0.2) is 42.8 Å². The van der Waals surface area contributed by atoms with Gasteiger partial charge in [0.25, 0.3) is 0 Å². The highest BCUT2D eigenvalue weighted by Gasteiger charge is 2.34. The first-order valence-corrected chi connectivity index (χ1v) is 7.76. The van der Waals surface area contributed by atoms with Crippen LogP contribution in [0.4, 0.5) is 0 Å². The van der Waals surface area contributed by atoms with Gasteiger partial charge in [0.2, 0.25) is 10.0 Å². The maximum absolute atomic E-state index is 12.0. The minimum Gasteiger partial charge on any atom is -0.393 e. The van der Waals surface area contributed by atoms with Crippen LogP contribution in [0.5, 0.6) is 0 Å². The third kappa shape index (κ3) is 2.96. The Morgan fingerprint density at radius 3 is 2.25 bits per heavy atom. The maximum Gasteiger partial charge on any atom is 0.214 e. The summed E-state index contributed by atoms with van der Waals surface area (Å²) in [7, 11) is -3.02. The molecule has 1 saturated heterocycles. The molecule has 0 radical (unpaired) electrons. The minimum absolute atomic E-state index is 0.271. The molecular weight excluding hydrogens is 226 g/mol. The molecule has 94 valence electrons. The van der Waals surface area contributed by atoms with Gasteiger partial charge in [0.15, 0.2) is 0 Å². The monoisotopic (exact) mass is 247 g/mol. The summed E-state index contributed by atoms with van der Waals surface area (Å²) in [4.78, 5) is 0. The Balaban J connectivity index is 1.87. The molecule has 2 rings (SSSR count). The average Bonchev–Trinajstić information content (AvgIpc) is 3.01. The van der Waals surface area contributed by atoms with Crippen LogP contribution in [-0.2, 0) is 10.0 Å². The molecular formula is C11H21NO3S. The Morgan fingerprint density at radius 1 is 1.25 bits per heavy atom. The first-order chi connectivity index (χ1) is 7.49. The van der Waals surface area contributed by atoms with Gasteiger partial charge in [-0.3, -0.25) is 0 Å². The van der Waals surface area contributed by atoms with Crippen LogP contribution in [0, 0.1) is 11.8 Å². The molecule has 1 N–H and O–H groups in total. The summed E-state index contributed by atoms with van der Waals surface area (Å²) < 4.78 is 25.6. The van der Waals surface area contributed by atoms with Crippen LogP contribution >= 0.6 is 0 Å². The van der Waals surface area contributed by atoms with Gasteiger partial charge >= 0.3 is 0 Å². The van der Waals surface area contributed by atoms with Crippen molar-refractivity contribution in [3.05, 3.63) is 0 Å². The molecule has 4 nitrogen and oxygen atoms in total. The topological polar surface area (TPSA) is 57.6 Å². The largest absolute Gasteiger partial charge is 0.393 e. The molecule has 0 aromatic rings. The summed E-state index contributed by atoms with van der Waals surface area (Å²) in [6.45, 7) is 2.97. The minimum atomic E-state index is -3.02. The Bertz CT molecular complexity index is 327. The fourth-order valence-electron chi connectivity index (χ4n) is 2.32. The molecule has 0 aromatic heterocycles. The molecule has 0 bridgehead atoms. The first kappa shape index (κ1) is 12.3. The smallest absolute Gasteiger partial charge is 0.214 e. The summed E-state index contributed by atoms with van der Waals surface area (Å²) in [6.07, 6.45) is 3.42. The standard InChI is InChI=1S/C11H21NO3S/c1-9(13)11-4-6-12(7-5-11)16(14,15)8-10-2-3-10/h9-11,13H,2-8H2,1H3. The van der Waals surface area contributed by atoms with Gasteiger partial charge in [-0.1, -0.05) is 0 Å². The molecule has 1 saturated carbocycles. The number of hydrogen-bond donors (Lipinski definition) is 1. The van der Waals surface area contributed by atoms with E-state index < -0.39 is 10.0 Å². The Morgan fingerprint density at radius 2 is 1.81 bits per heavy atom. The summed E-state index contributed by atoms with van der Waals surface area (Å²) in [5.41, 5.74) is 0.